The van der Waals surface area contributed by atoms with Crippen LogP contribution in [0.15, 0.2) is 24.3 Å². The molecule has 0 aromatic heterocycles. The van der Waals surface area contributed by atoms with Gasteiger partial charge in [0.25, 0.3) is 0 Å². The molecule has 0 saturated heterocycles. The van der Waals surface area contributed by atoms with E-state index in [1.807, 2.05) is 6.92 Å². The van der Waals surface area contributed by atoms with Crippen LogP contribution in [0.2, 0.25) is 0 Å². The summed E-state index contributed by atoms with van der Waals surface area (Å²) in [7, 11) is 0. The van der Waals surface area contributed by atoms with Crippen LogP contribution in [0.3, 0.4) is 0 Å². The molecule has 0 spiro atoms. The zero-order chi connectivity index (χ0) is 12.5. The van der Waals surface area contributed by atoms with Crippen molar-refractivity contribution in [3.8, 4) is 0 Å². The van der Waals surface area contributed by atoms with Gasteiger partial charge in [-0.3, -0.25) is 4.79 Å². The average molecular weight is 236 g/mol. The number of carbonyl (C=O) groups is 1. The number of carbonyl (C=O) groups excluding carboxylic acids is 1. The lowest BCUT2D eigenvalue weighted by Gasteiger charge is -2.19. The molecule has 4 heteroatoms. The fourth-order valence-corrected chi connectivity index (χ4v) is 1.96. The van der Waals surface area contributed by atoms with E-state index in [-0.39, 0.29) is 17.8 Å². The molecular formula is C13H17FN2O. The molecule has 1 aliphatic carbocycles. The average Bonchev–Trinajstić information content (AvgIpc) is 3.11. The number of halogens is 1. The standard InChI is InChI=1S/C13H17FN2O/c1-9(8-15)16-12(17)13(6-7-13)10-2-4-11(14)5-3-10/h2-5,9H,6-8,15H2,1H3,(H,16,17)/t9-/m0/s1. The number of benzene rings is 1. The molecule has 3 nitrogen and oxygen atoms in total. The first kappa shape index (κ1) is 12.0. The summed E-state index contributed by atoms with van der Waals surface area (Å²) in [6, 6.07) is 6.15. The Hall–Kier alpha value is -1.42. The molecule has 1 amide bonds. The van der Waals surface area contributed by atoms with Crippen LogP contribution in [0.4, 0.5) is 4.39 Å². The summed E-state index contributed by atoms with van der Waals surface area (Å²) in [5.74, 6) is -0.276. The molecule has 1 aromatic carbocycles. The molecule has 0 aliphatic heterocycles. The largest absolute Gasteiger partial charge is 0.352 e. The maximum absolute atomic E-state index is 12.8. The summed E-state index contributed by atoms with van der Waals surface area (Å²) in [5, 5.41) is 2.89. The molecule has 1 aliphatic rings. The van der Waals surface area contributed by atoms with E-state index < -0.39 is 5.41 Å². The number of hydrogen-bond acceptors (Lipinski definition) is 2. The number of hydrogen-bond donors (Lipinski definition) is 2. The first-order valence-corrected chi connectivity index (χ1v) is 5.85. The van der Waals surface area contributed by atoms with Crippen LogP contribution < -0.4 is 11.1 Å². The van der Waals surface area contributed by atoms with E-state index in [0.29, 0.717) is 6.54 Å². The Labute approximate surface area is 100 Å². The van der Waals surface area contributed by atoms with E-state index in [1.54, 1.807) is 12.1 Å². The van der Waals surface area contributed by atoms with Crippen molar-refractivity contribution in [3.63, 3.8) is 0 Å². The number of nitrogens with two attached hydrogens (primary N) is 1. The van der Waals surface area contributed by atoms with Crippen LogP contribution in [0.1, 0.15) is 25.3 Å². The minimum Gasteiger partial charge on any atom is -0.352 e. The molecule has 1 aromatic rings. The fourth-order valence-electron chi connectivity index (χ4n) is 1.96. The Morgan fingerprint density at radius 2 is 2.06 bits per heavy atom. The summed E-state index contributed by atoms with van der Waals surface area (Å²) < 4.78 is 12.8. The van der Waals surface area contributed by atoms with Crippen molar-refractivity contribution < 1.29 is 9.18 Å². The fraction of sp³-hybridized carbons (Fsp3) is 0.462. The lowest BCUT2D eigenvalue weighted by atomic mass is 9.94. The molecular weight excluding hydrogens is 219 g/mol. The van der Waals surface area contributed by atoms with Gasteiger partial charge in [0, 0.05) is 12.6 Å². The lowest BCUT2D eigenvalue weighted by molar-refractivity contribution is -0.124. The SMILES string of the molecule is C[C@@H](CN)NC(=O)C1(c2ccc(F)cc2)CC1. The van der Waals surface area contributed by atoms with Crippen LogP contribution in [-0.2, 0) is 10.2 Å². The first-order chi connectivity index (χ1) is 8.08. The molecule has 1 fully saturated rings. The highest BCUT2D eigenvalue weighted by Crippen LogP contribution is 2.48. The van der Waals surface area contributed by atoms with Crippen LogP contribution in [0, 0.1) is 5.82 Å². The van der Waals surface area contributed by atoms with Crippen molar-refractivity contribution in [1.29, 1.82) is 0 Å². The van der Waals surface area contributed by atoms with E-state index in [9.17, 15) is 9.18 Å². The third kappa shape index (κ3) is 2.31. The van der Waals surface area contributed by atoms with Gasteiger partial charge in [0.05, 0.1) is 5.41 Å². The smallest absolute Gasteiger partial charge is 0.230 e. The van der Waals surface area contributed by atoms with Gasteiger partial charge >= 0.3 is 0 Å². The van der Waals surface area contributed by atoms with Gasteiger partial charge in [-0.15, -0.1) is 0 Å². The molecule has 0 unspecified atom stereocenters. The third-order valence-electron chi connectivity index (χ3n) is 3.31. The van der Waals surface area contributed by atoms with Gasteiger partial charge < -0.3 is 11.1 Å². The Bertz CT molecular complexity index is 412. The summed E-state index contributed by atoms with van der Waals surface area (Å²) in [4.78, 5) is 12.1. The monoisotopic (exact) mass is 236 g/mol. The highest BCUT2D eigenvalue weighted by molar-refractivity contribution is 5.91. The molecule has 92 valence electrons. The molecule has 0 radical (unpaired) electrons. The first-order valence-electron chi connectivity index (χ1n) is 5.85. The highest BCUT2D eigenvalue weighted by Gasteiger charge is 2.51. The van der Waals surface area contributed by atoms with Gasteiger partial charge in [-0.2, -0.15) is 0 Å². The molecule has 0 heterocycles. The van der Waals surface area contributed by atoms with Gasteiger partial charge in [-0.1, -0.05) is 12.1 Å². The van der Waals surface area contributed by atoms with Crippen molar-refractivity contribution in [2.45, 2.75) is 31.2 Å². The van der Waals surface area contributed by atoms with Crippen LogP contribution in [0.25, 0.3) is 0 Å². The second-order valence-corrected chi connectivity index (χ2v) is 4.70. The van der Waals surface area contributed by atoms with E-state index in [2.05, 4.69) is 5.32 Å². The second-order valence-electron chi connectivity index (χ2n) is 4.70. The van der Waals surface area contributed by atoms with Crippen molar-refractivity contribution >= 4 is 5.91 Å². The minimum absolute atomic E-state index is 0.00191. The summed E-state index contributed by atoms with van der Waals surface area (Å²) >= 11 is 0. The topological polar surface area (TPSA) is 55.1 Å². The molecule has 17 heavy (non-hydrogen) atoms. The quantitative estimate of drug-likeness (QED) is 0.828. The number of rotatable bonds is 4. The third-order valence-corrected chi connectivity index (χ3v) is 3.31. The van der Waals surface area contributed by atoms with E-state index in [0.717, 1.165) is 18.4 Å². The highest BCUT2D eigenvalue weighted by atomic mass is 19.1. The Morgan fingerprint density at radius 1 is 1.47 bits per heavy atom. The summed E-state index contributed by atoms with van der Waals surface area (Å²) in [5.41, 5.74) is 5.92. The van der Waals surface area contributed by atoms with Crippen molar-refractivity contribution in [2.75, 3.05) is 6.54 Å². The normalized spacial score (nSPS) is 18.5. The summed E-state index contributed by atoms with van der Waals surface area (Å²) in [6.45, 7) is 2.30. The van der Waals surface area contributed by atoms with E-state index in [4.69, 9.17) is 5.73 Å². The van der Waals surface area contributed by atoms with Crippen molar-refractivity contribution in [1.82, 2.24) is 5.32 Å². The van der Waals surface area contributed by atoms with Gasteiger partial charge in [0.15, 0.2) is 0 Å². The molecule has 3 N–H and O–H groups in total. The number of amides is 1. The maximum Gasteiger partial charge on any atom is 0.230 e. The van der Waals surface area contributed by atoms with Gasteiger partial charge in [-0.25, -0.2) is 4.39 Å². The van der Waals surface area contributed by atoms with Crippen molar-refractivity contribution in [3.05, 3.63) is 35.6 Å². The Morgan fingerprint density at radius 3 is 2.53 bits per heavy atom. The second kappa shape index (κ2) is 4.45. The van der Waals surface area contributed by atoms with Crippen LogP contribution in [0.5, 0.6) is 0 Å². The zero-order valence-electron chi connectivity index (χ0n) is 9.87. The lowest BCUT2D eigenvalue weighted by Crippen LogP contribution is -2.43. The van der Waals surface area contributed by atoms with Gasteiger partial charge in [-0.05, 0) is 37.5 Å². The van der Waals surface area contributed by atoms with E-state index >= 15 is 0 Å². The Balaban J connectivity index is 2.14. The molecule has 1 saturated carbocycles. The van der Waals surface area contributed by atoms with Crippen molar-refractivity contribution in [2.24, 2.45) is 5.73 Å². The van der Waals surface area contributed by atoms with Crippen LogP contribution in [-0.4, -0.2) is 18.5 Å². The molecule has 1 atom stereocenters. The minimum atomic E-state index is -0.447. The van der Waals surface area contributed by atoms with Crippen LogP contribution >= 0.6 is 0 Å². The Kier molecular flexibility index (Phi) is 3.15. The predicted molar refractivity (Wildman–Crippen MR) is 64.0 cm³/mol. The molecule has 0 bridgehead atoms. The van der Waals surface area contributed by atoms with Gasteiger partial charge in [0.2, 0.25) is 5.91 Å². The summed E-state index contributed by atoms with van der Waals surface area (Å²) in [6.07, 6.45) is 1.64. The zero-order valence-corrected chi connectivity index (χ0v) is 9.87. The molecule has 2 rings (SSSR count). The van der Waals surface area contributed by atoms with Gasteiger partial charge in [0.1, 0.15) is 5.82 Å². The maximum atomic E-state index is 12.8. The number of nitrogens with one attached hydrogen (secondary N) is 1. The van der Waals surface area contributed by atoms with E-state index in [1.165, 1.54) is 12.1 Å². The predicted octanol–water partition coefficient (Wildman–Crippen LogP) is 1.32.